The van der Waals surface area contributed by atoms with Crippen LogP contribution < -0.4 is 10.2 Å². The van der Waals surface area contributed by atoms with Crippen molar-refractivity contribution in [3.63, 3.8) is 0 Å². The average Bonchev–Trinajstić information content (AvgIpc) is 2.51. The molecule has 120 valence electrons. The molecule has 0 aliphatic carbocycles. The van der Waals surface area contributed by atoms with Gasteiger partial charge in [0.15, 0.2) is 6.61 Å². The van der Waals surface area contributed by atoms with E-state index in [9.17, 15) is 4.79 Å². The lowest BCUT2D eigenvalue weighted by atomic mass is 10.1. The molecule has 1 amide bonds. The molecule has 0 bridgehead atoms. The Labute approximate surface area is 132 Å². The van der Waals surface area contributed by atoms with Gasteiger partial charge in [-0.15, -0.1) is 0 Å². The van der Waals surface area contributed by atoms with E-state index in [0.717, 1.165) is 37.2 Å². The maximum atomic E-state index is 11.8. The minimum absolute atomic E-state index is 0.0155. The number of carbonyl (C=O) groups is 1. The maximum absolute atomic E-state index is 11.8. The molecule has 5 nitrogen and oxygen atoms in total. The van der Waals surface area contributed by atoms with E-state index in [4.69, 9.17) is 4.74 Å². The summed E-state index contributed by atoms with van der Waals surface area (Å²) in [7, 11) is 0. The van der Waals surface area contributed by atoms with Crippen molar-refractivity contribution < 1.29 is 9.53 Å². The molecule has 0 atom stereocenters. The number of aryl methyl sites for hydroxylation is 1. The first-order chi connectivity index (χ1) is 10.5. The van der Waals surface area contributed by atoms with Crippen LogP contribution >= 0.6 is 0 Å². The van der Waals surface area contributed by atoms with E-state index in [-0.39, 0.29) is 12.5 Å². The van der Waals surface area contributed by atoms with Crippen molar-refractivity contribution in [2.24, 2.45) is 5.10 Å². The lowest BCUT2D eigenvalue weighted by Gasteiger charge is -2.30. The molecule has 1 saturated heterocycles. The molecular formula is C17H25N3O2. The number of carbonyl (C=O) groups excluding carboxylic acids is 1. The highest BCUT2D eigenvalue weighted by molar-refractivity contribution is 5.87. The van der Waals surface area contributed by atoms with Crippen molar-refractivity contribution in [3.8, 4) is 5.75 Å². The lowest BCUT2D eigenvalue weighted by Crippen LogP contribution is -2.39. The van der Waals surface area contributed by atoms with Gasteiger partial charge in [-0.3, -0.25) is 4.79 Å². The molecule has 0 aromatic heterocycles. The number of rotatable bonds is 5. The zero-order valence-corrected chi connectivity index (χ0v) is 13.6. The Morgan fingerprint density at radius 1 is 1.36 bits per heavy atom. The molecule has 1 fully saturated rings. The summed E-state index contributed by atoms with van der Waals surface area (Å²) in [5.74, 6) is 0.480. The van der Waals surface area contributed by atoms with E-state index >= 15 is 0 Å². The molecule has 0 saturated carbocycles. The standard InChI is InChI=1S/C17H25N3O2/c1-13(2)20-9-7-15(8-10-20)18-19-17(21)12-22-16-6-4-5-14(3)11-16/h4-6,11,13H,7-10,12H2,1-3H3,(H,19,21). The Morgan fingerprint density at radius 2 is 2.09 bits per heavy atom. The minimum atomic E-state index is -0.222. The summed E-state index contributed by atoms with van der Waals surface area (Å²) in [5, 5.41) is 4.22. The molecule has 22 heavy (non-hydrogen) atoms. The number of amides is 1. The second kappa shape index (κ2) is 7.94. The summed E-state index contributed by atoms with van der Waals surface area (Å²) in [5.41, 5.74) is 4.75. The number of likely N-dealkylation sites (tertiary alicyclic amines) is 1. The topological polar surface area (TPSA) is 53.9 Å². The number of ether oxygens (including phenoxy) is 1. The molecule has 1 aliphatic rings. The minimum Gasteiger partial charge on any atom is -0.484 e. The van der Waals surface area contributed by atoms with Gasteiger partial charge < -0.3 is 9.64 Å². The molecule has 0 unspecified atom stereocenters. The van der Waals surface area contributed by atoms with Gasteiger partial charge in [-0.2, -0.15) is 5.10 Å². The van der Waals surface area contributed by atoms with E-state index < -0.39 is 0 Å². The van der Waals surface area contributed by atoms with Crippen molar-refractivity contribution in [2.75, 3.05) is 19.7 Å². The van der Waals surface area contributed by atoms with Crippen LogP contribution in [0.2, 0.25) is 0 Å². The van der Waals surface area contributed by atoms with Crippen LogP contribution in [0.3, 0.4) is 0 Å². The Kier molecular flexibility index (Phi) is 5.95. The molecular weight excluding hydrogens is 278 g/mol. The third-order valence-corrected chi connectivity index (χ3v) is 3.80. The van der Waals surface area contributed by atoms with Gasteiger partial charge in [0.05, 0.1) is 0 Å². The van der Waals surface area contributed by atoms with Crippen LogP contribution in [0.25, 0.3) is 0 Å². The fourth-order valence-electron chi connectivity index (χ4n) is 2.44. The van der Waals surface area contributed by atoms with Gasteiger partial charge in [0.2, 0.25) is 0 Å². The molecule has 1 aromatic rings. The van der Waals surface area contributed by atoms with Crippen LogP contribution in [-0.4, -0.2) is 42.3 Å². The van der Waals surface area contributed by atoms with Gasteiger partial charge in [-0.05, 0) is 38.5 Å². The van der Waals surface area contributed by atoms with E-state index in [0.29, 0.717) is 11.8 Å². The molecule has 1 aromatic carbocycles. The van der Waals surface area contributed by atoms with Crippen LogP contribution in [0, 0.1) is 6.92 Å². The SMILES string of the molecule is Cc1cccc(OCC(=O)NN=C2CCN(C(C)C)CC2)c1. The Balaban J connectivity index is 1.73. The normalized spacial score (nSPS) is 15.7. The Bertz CT molecular complexity index is 530. The third kappa shape index (κ3) is 5.15. The Morgan fingerprint density at radius 3 is 2.73 bits per heavy atom. The highest BCUT2D eigenvalue weighted by Crippen LogP contribution is 2.12. The molecule has 0 radical (unpaired) electrons. The quantitative estimate of drug-likeness (QED) is 0.850. The van der Waals surface area contributed by atoms with Crippen molar-refractivity contribution in [2.45, 2.75) is 39.7 Å². The van der Waals surface area contributed by atoms with Crippen LogP contribution in [-0.2, 0) is 4.79 Å². The van der Waals surface area contributed by atoms with Gasteiger partial charge in [0.25, 0.3) is 5.91 Å². The Hall–Kier alpha value is -1.88. The smallest absolute Gasteiger partial charge is 0.277 e. The average molecular weight is 303 g/mol. The van der Waals surface area contributed by atoms with Crippen molar-refractivity contribution in [1.82, 2.24) is 10.3 Å². The first-order valence-electron chi connectivity index (χ1n) is 7.82. The number of hydrazone groups is 1. The van der Waals surface area contributed by atoms with Crippen molar-refractivity contribution >= 4 is 11.6 Å². The predicted octanol–water partition coefficient (Wildman–Crippen LogP) is 2.35. The fourth-order valence-corrected chi connectivity index (χ4v) is 2.44. The van der Waals surface area contributed by atoms with E-state index in [1.165, 1.54) is 0 Å². The highest BCUT2D eigenvalue weighted by atomic mass is 16.5. The maximum Gasteiger partial charge on any atom is 0.277 e. The second-order valence-electron chi connectivity index (χ2n) is 5.95. The number of piperidine rings is 1. The first kappa shape index (κ1) is 16.5. The van der Waals surface area contributed by atoms with E-state index in [1.807, 2.05) is 31.2 Å². The number of hydrogen-bond acceptors (Lipinski definition) is 4. The van der Waals surface area contributed by atoms with Gasteiger partial charge in [0, 0.05) is 37.7 Å². The van der Waals surface area contributed by atoms with E-state index in [1.54, 1.807) is 0 Å². The summed E-state index contributed by atoms with van der Waals surface area (Å²) >= 11 is 0. The lowest BCUT2D eigenvalue weighted by molar-refractivity contribution is -0.123. The largest absolute Gasteiger partial charge is 0.484 e. The fraction of sp³-hybridized carbons (Fsp3) is 0.529. The third-order valence-electron chi connectivity index (χ3n) is 3.80. The summed E-state index contributed by atoms with van der Waals surface area (Å²) in [4.78, 5) is 14.2. The van der Waals surface area contributed by atoms with Crippen LogP contribution in [0.1, 0.15) is 32.3 Å². The number of benzene rings is 1. The van der Waals surface area contributed by atoms with Crippen molar-refractivity contribution in [1.29, 1.82) is 0 Å². The van der Waals surface area contributed by atoms with Crippen LogP contribution in [0.4, 0.5) is 0 Å². The molecule has 2 rings (SSSR count). The zero-order valence-electron chi connectivity index (χ0n) is 13.6. The zero-order chi connectivity index (χ0) is 15.9. The van der Waals surface area contributed by atoms with E-state index in [2.05, 4.69) is 29.3 Å². The predicted molar refractivity (Wildman–Crippen MR) is 88.2 cm³/mol. The number of hydrogen-bond donors (Lipinski definition) is 1. The van der Waals surface area contributed by atoms with Gasteiger partial charge in [-0.25, -0.2) is 5.43 Å². The van der Waals surface area contributed by atoms with Crippen LogP contribution in [0.15, 0.2) is 29.4 Å². The molecule has 0 spiro atoms. The number of nitrogens with zero attached hydrogens (tertiary/aromatic N) is 2. The highest BCUT2D eigenvalue weighted by Gasteiger charge is 2.17. The molecule has 1 aliphatic heterocycles. The van der Waals surface area contributed by atoms with Gasteiger partial charge >= 0.3 is 0 Å². The summed E-state index contributed by atoms with van der Waals surface area (Å²) in [6, 6.07) is 8.21. The monoisotopic (exact) mass is 303 g/mol. The summed E-state index contributed by atoms with van der Waals surface area (Å²) < 4.78 is 5.45. The first-order valence-corrected chi connectivity index (χ1v) is 7.82. The summed E-state index contributed by atoms with van der Waals surface area (Å²) in [6.45, 7) is 8.39. The number of nitrogens with one attached hydrogen (secondary N) is 1. The molecule has 1 N–H and O–H groups in total. The van der Waals surface area contributed by atoms with Crippen LogP contribution in [0.5, 0.6) is 5.75 Å². The van der Waals surface area contributed by atoms with Gasteiger partial charge in [0.1, 0.15) is 5.75 Å². The van der Waals surface area contributed by atoms with Gasteiger partial charge in [-0.1, -0.05) is 12.1 Å². The second-order valence-corrected chi connectivity index (χ2v) is 5.95. The molecule has 5 heteroatoms. The molecule has 1 heterocycles. The summed E-state index contributed by atoms with van der Waals surface area (Å²) in [6.07, 6.45) is 1.83. The van der Waals surface area contributed by atoms with Crippen molar-refractivity contribution in [3.05, 3.63) is 29.8 Å².